The van der Waals surface area contributed by atoms with Gasteiger partial charge in [0.25, 0.3) is 0 Å². The second kappa shape index (κ2) is 2.20. The van der Waals surface area contributed by atoms with Crippen LogP contribution in [0.3, 0.4) is 0 Å². The third kappa shape index (κ3) is 1.51. The summed E-state index contributed by atoms with van der Waals surface area (Å²) in [5.74, 6) is -3.12. The number of aliphatic carboxylic acids is 1. The van der Waals surface area contributed by atoms with E-state index in [2.05, 4.69) is 0 Å². The van der Waals surface area contributed by atoms with Crippen molar-refractivity contribution in [3.8, 4) is 0 Å². The second-order valence-corrected chi connectivity index (χ2v) is 1.24. The molecule has 0 amide bonds. The SMILES string of the molecule is C/C(O)=C(/O)C(=O)O. The molecule has 0 saturated heterocycles. The summed E-state index contributed by atoms with van der Waals surface area (Å²) in [5.41, 5.74) is 0. The predicted octanol–water partition coefficient (Wildman–Crippen LogP) is 0.419. The highest BCUT2D eigenvalue weighted by Gasteiger charge is 2.06. The van der Waals surface area contributed by atoms with Crippen molar-refractivity contribution in [2.45, 2.75) is 6.92 Å². The molecule has 0 rings (SSSR count). The van der Waals surface area contributed by atoms with Crippen LogP contribution in [0.15, 0.2) is 11.5 Å². The summed E-state index contributed by atoms with van der Waals surface area (Å²) < 4.78 is 0. The van der Waals surface area contributed by atoms with E-state index >= 15 is 0 Å². The van der Waals surface area contributed by atoms with E-state index in [4.69, 9.17) is 15.3 Å². The van der Waals surface area contributed by atoms with E-state index in [0.717, 1.165) is 6.92 Å². The molecule has 0 bridgehead atoms. The molecule has 0 aromatic carbocycles. The van der Waals surface area contributed by atoms with Gasteiger partial charge in [-0.2, -0.15) is 0 Å². The van der Waals surface area contributed by atoms with Crippen LogP contribution in [0.2, 0.25) is 0 Å². The van der Waals surface area contributed by atoms with Crippen molar-refractivity contribution in [3.05, 3.63) is 11.5 Å². The van der Waals surface area contributed by atoms with Crippen LogP contribution in [-0.4, -0.2) is 21.3 Å². The molecule has 0 aliphatic carbocycles. The summed E-state index contributed by atoms with van der Waals surface area (Å²) in [6.45, 7) is 1.09. The Hall–Kier alpha value is -1.19. The molecule has 0 spiro atoms. The standard InChI is InChI=1S/C4H6O4/c1-2(5)3(6)4(7)8/h5-6H,1H3,(H,7,8)/b3-2-. The van der Waals surface area contributed by atoms with Gasteiger partial charge in [-0.25, -0.2) is 4.79 Å². The fraction of sp³-hybridized carbons (Fsp3) is 0.250. The Bertz CT molecular complexity index is 131. The summed E-state index contributed by atoms with van der Waals surface area (Å²) in [6, 6.07) is 0. The number of aliphatic hydroxyl groups is 2. The van der Waals surface area contributed by atoms with Crippen molar-refractivity contribution in [2.75, 3.05) is 0 Å². The highest BCUT2D eigenvalue weighted by Crippen LogP contribution is 1.93. The lowest BCUT2D eigenvalue weighted by Gasteiger charge is -1.90. The van der Waals surface area contributed by atoms with Crippen molar-refractivity contribution in [1.29, 1.82) is 0 Å². The highest BCUT2D eigenvalue weighted by atomic mass is 16.4. The Morgan fingerprint density at radius 1 is 1.25 bits per heavy atom. The maximum absolute atomic E-state index is 9.67. The van der Waals surface area contributed by atoms with Crippen molar-refractivity contribution in [3.63, 3.8) is 0 Å². The second-order valence-electron chi connectivity index (χ2n) is 1.24. The first kappa shape index (κ1) is 6.81. The van der Waals surface area contributed by atoms with Gasteiger partial charge >= 0.3 is 5.97 Å². The number of hydrogen-bond donors (Lipinski definition) is 3. The Balaban J connectivity index is 4.23. The van der Waals surface area contributed by atoms with Gasteiger partial charge in [0.1, 0.15) is 5.76 Å². The lowest BCUT2D eigenvalue weighted by molar-refractivity contribution is -0.135. The quantitative estimate of drug-likeness (QED) is 0.344. The number of aliphatic hydroxyl groups excluding tert-OH is 2. The molecule has 46 valence electrons. The van der Waals surface area contributed by atoms with Gasteiger partial charge in [0.2, 0.25) is 5.76 Å². The minimum Gasteiger partial charge on any atom is -0.508 e. The van der Waals surface area contributed by atoms with E-state index in [0.29, 0.717) is 0 Å². The molecular weight excluding hydrogens is 112 g/mol. The van der Waals surface area contributed by atoms with E-state index < -0.39 is 17.5 Å². The average Bonchev–Trinajstić information content (AvgIpc) is 1.64. The molecule has 0 radical (unpaired) electrons. The lowest BCUT2D eigenvalue weighted by Crippen LogP contribution is -2.01. The van der Waals surface area contributed by atoms with Crippen LogP contribution in [-0.2, 0) is 4.79 Å². The molecule has 0 saturated carbocycles. The topological polar surface area (TPSA) is 77.8 Å². The van der Waals surface area contributed by atoms with Gasteiger partial charge in [0, 0.05) is 0 Å². The molecule has 4 nitrogen and oxygen atoms in total. The molecule has 0 fully saturated rings. The molecule has 0 aromatic rings. The molecule has 0 atom stereocenters. The maximum atomic E-state index is 9.67. The summed E-state index contributed by atoms with van der Waals surface area (Å²) in [6.07, 6.45) is 0. The lowest BCUT2D eigenvalue weighted by atomic mass is 10.4. The maximum Gasteiger partial charge on any atom is 0.374 e. The monoisotopic (exact) mass is 118 g/mol. The van der Waals surface area contributed by atoms with Crippen LogP contribution in [0.4, 0.5) is 0 Å². The molecule has 3 N–H and O–H groups in total. The van der Waals surface area contributed by atoms with Gasteiger partial charge in [0.05, 0.1) is 0 Å². The third-order valence-corrected chi connectivity index (χ3v) is 0.545. The molecule has 8 heavy (non-hydrogen) atoms. The molecule has 0 unspecified atom stereocenters. The van der Waals surface area contributed by atoms with Gasteiger partial charge in [0.15, 0.2) is 0 Å². The molecule has 0 heterocycles. The van der Waals surface area contributed by atoms with Crippen molar-refractivity contribution in [2.24, 2.45) is 0 Å². The third-order valence-electron chi connectivity index (χ3n) is 0.545. The Morgan fingerprint density at radius 2 is 1.62 bits per heavy atom. The zero-order valence-corrected chi connectivity index (χ0v) is 4.25. The molecule has 4 heteroatoms. The minimum atomic E-state index is -1.52. The number of rotatable bonds is 1. The van der Waals surface area contributed by atoms with Gasteiger partial charge in [-0.3, -0.25) is 0 Å². The molecule has 0 aliphatic rings. The fourth-order valence-corrected chi connectivity index (χ4v) is 0.155. The van der Waals surface area contributed by atoms with Crippen LogP contribution in [0.5, 0.6) is 0 Å². The Morgan fingerprint density at radius 3 is 1.62 bits per heavy atom. The summed E-state index contributed by atoms with van der Waals surface area (Å²) in [5, 5.41) is 24.4. The average molecular weight is 118 g/mol. The Kier molecular flexibility index (Phi) is 1.88. The van der Waals surface area contributed by atoms with Crippen LogP contribution in [0, 0.1) is 0 Å². The number of allylic oxidation sites excluding steroid dienone is 1. The fourth-order valence-electron chi connectivity index (χ4n) is 0.155. The van der Waals surface area contributed by atoms with E-state index in [-0.39, 0.29) is 0 Å². The van der Waals surface area contributed by atoms with E-state index in [1.807, 2.05) is 0 Å². The van der Waals surface area contributed by atoms with E-state index in [1.54, 1.807) is 0 Å². The van der Waals surface area contributed by atoms with Crippen LogP contribution >= 0.6 is 0 Å². The highest BCUT2D eigenvalue weighted by molar-refractivity contribution is 5.84. The van der Waals surface area contributed by atoms with Gasteiger partial charge < -0.3 is 15.3 Å². The number of carboxylic acids is 1. The molecular formula is C4H6O4. The Labute approximate surface area is 45.7 Å². The van der Waals surface area contributed by atoms with Gasteiger partial charge in [-0.1, -0.05) is 0 Å². The van der Waals surface area contributed by atoms with Gasteiger partial charge in [-0.05, 0) is 6.92 Å². The largest absolute Gasteiger partial charge is 0.508 e. The van der Waals surface area contributed by atoms with Crippen LogP contribution in [0.1, 0.15) is 6.92 Å². The summed E-state index contributed by atoms with van der Waals surface area (Å²) >= 11 is 0. The van der Waals surface area contributed by atoms with Crippen LogP contribution in [0.25, 0.3) is 0 Å². The van der Waals surface area contributed by atoms with Crippen LogP contribution < -0.4 is 0 Å². The minimum absolute atomic E-state index is 0.586. The summed E-state index contributed by atoms with van der Waals surface area (Å²) in [7, 11) is 0. The zero-order valence-electron chi connectivity index (χ0n) is 4.25. The summed E-state index contributed by atoms with van der Waals surface area (Å²) in [4.78, 5) is 9.67. The van der Waals surface area contributed by atoms with Crippen molar-refractivity contribution < 1.29 is 20.1 Å². The smallest absolute Gasteiger partial charge is 0.374 e. The van der Waals surface area contributed by atoms with E-state index in [1.165, 1.54) is 0 Å². The zero-order chi connectivity index (χ0) is 6.73. The first-order chi connectivity index (χ1) is 3.55. The van der Waals surface area contributed by atoms with Crippen molar-refractivity contribution >= 4 is 5.97 Å². The number of carbonyl (C=O) groups is 1. The normalized spacial score (nSPS) is 12.6. The van der Waals surface area contributed by atoms with Crippen molar-refractivity contribution in [1.82, 2.24) is 0 Å². The molecule has 0 aliphatic heterocycles. The van der Waals surface area contributed by atoms with Gasteiger partial charge in [-0.15, -0.1) is 0 Å². The predicted molar refractivity (Wildman–Crippen MR) is 25.6 cm³/mol. The van der Waals surface area contributed by atoms with E-state index in [9.17, 15) is 4.79 Å². The first-order valence-electron chi connectivity index (χ1n) is 1.87. The number of hydrogen-bond acceptors (Lipinski definition) is 3. The molecule has 0 aromatic heterocycles. The first-order valence-corrected chi connectivity index (χ1v) is 1.87. The number of carboxylic acid groups (broad SMARTS) is 1.